The highest BCUT2D eigenvalue weighted by molar-refractivity contribution is 7.64. The molecule has 0 spiro atoms. The molecule has 1 amide bonds. The van der Waals surface area contributed by atoms with Crippen LogP contribution in [0, 0.1) is 0 Å². The summed E-state index contributed by atoms with van der Waals surface area (Å²) < 4.78 is 63.5. The second-order valence-electron chi connectivity index (χ2n) is 6.25. The normalized spacial score (nSPS) is 20.3. The van der Waals surface area contributed by atoms with Crippen LogP contribution in [0.15, 0.2) is 48.5 Å². The van der Waals surface area contributed by atoms with Crippen molar-refractivity contribution in [2.45, 2.75) is 12.6 Å². The Bertz CT molecular complexity index is 903. The molecule has 1 fully saturated rings. The lowest BCUT2D eigenvalue weighted by Gasteiger charge is -2.34. The molecule has 1 saturated heterocycles. The number of halogens is 3. The van der Waals surface area contributed by atoms with Gasteiger partial charge in [-0.15, -0.1) is 0 Å². The maximum Gasteiger partial charge on any atom is 0.416 e. The maximum atomic E-state index is 13.3. The summed E-state index contributed by atoms with van der Waals surface area (Å²) in [5.41, 5.74) is 0.725. The van der Waals surface area contributed by atoms with Crippen LogP contribution in [0.4, 0.5) is 13.2 Å². The predicted molar refractivity (Wildman–Crippen MR) is 97.3 cm³/mol. The van der Waals surface area contributed by atoms with Gasteiger partial charge in [-0.05, 0) is 55.0 Å². The van der Waals surface area contributed by atoms with Gasteiger partial charge in [0.15, 0.2) is 0 Å². The van der Waals surface area contributed by atoms with E-state index in [-0.39, 0.29) is 18.9 Å². The van der Waals surface area contributed by atoms with Crippen LogP contribution in [0.2, 0.25) is 0 Å². The van der Waals surface area contributed by atoms with E-state index in [4.69, 9.17) is 14.5 Å². The third-order valence-electron chi connectivity index (χ3n) is 4.23. The topological polar surface area (TPSA) is 88.1 Å². The van der Waals surface area contributed by atoms with E-state index in [0.717, 1.165) is 12.1 Å². The van der Waals surface area contributed by atoms with Crippen molar-refractivity contribution in [2.24, 2.45) is 0 Å². The van der Waals surface area contributed by atoms with Gasteiger partial charge in [-0.3, -0.25) is 14.6 Å². The highest BCUT2D eigenvalue weighted by Gasteiger charge is 2.38. The summed E-state index contributed by atoms with van der Waals surface area (Å²) in [5.74, 6) is -0.165. The number of hydrogen-bond donors (Lipinski definition) is 2. The van der Waals surface area contributed by atoms with Crippen molar-refractivity contribution in [3.8, 4) is 11.5 Å². The summed E-state index contributed by atoms with van der Waals surface area (Å²) in [6.45, 7) is 0.324. The Morgan fingerprint density at radius 2 is 1.72 bits per heavy atom. The lowest BCUT2D eigenvalue weighted by Crippen LogP contribution is -2.40. The summed E-state index contributed by atoms with van der Waals surface area (Å²) in [4.78, 5) is 11.5. The molecule has 156 valence electrons. The Morgan fingerprint density at radius 1 is 1.14 bits per heavy atom. The first kappa shape index (κ1) is 21.3. The molecule has 11 heteroatoms. The maximum absolute atomic E-state index is 13.3. The number of carbonyl (C=O) groups is 1. The zero-order valence-corrected chi connectivity index (χ0v) is 16.0. The molecule has 2 N–H and O–H groups in total. The Morgan fingerprint density at radius 3 is 2.28 bits per heavy atom. The number of benzene rings is 2. The summed E-state index contributed by atoms with van der Waals surface area (Å²) in [7, 11) is -3.49. The number of alkyl halides is 3. The zero-order valence-electron chi connectivity index (χ0n) is 15.1. The molecule has 0 radical (unpaired) electrons. The largest absolute Gasteiger partial charge is 0.457 e. The molecule has 1 heterocycles. The van der Waals surface area contributed by atoms with E-state index in [1.54, 1.807) is 0 Å². The number of amides is 1. The van der Waals surface area contributed by atoms with Gasteiger partial charge in [0.1, 0.15) is 11.5 Å². The molecule has 2 aromatic rings. The van der Waals surface area contributed by atoms with Gasteiger partial charge in [0.05, 0.1) is 24.0 Å². The van der Waals surface area contributed by atoms with Crippen LogP contribution in [-0.2, 0) is 20.1 Å². The van der Waals surface area contributed by atoms with Gasteiger partial charge in [-0.1, -0.05) is 0 Å². The van der Waals surface area contributed by atoms with E-state index in [2.05, 4.69) is 0 Å². The average molecular weight is 430 g/mol. The first-order valence-corrected chi connectivity index (χ1v) is 10.2. The minimum atomic E-state index is -4.43. The molecule has 2 aromatic carbocycles. The number of carbonyl (C=O) groups excluding carboxylic acids is 1. The highest BCUT2D eigenvalue weighted by Crippen LogP contribution is 2.52. The molecule has 3 rings (SSSR count). The highest BCUT2D eigenvalue weighted by atomic mass is 31.2. The molecule has 0 aromatic heterocycles. The van der Waals surface area contributed by atoms with Gasteiger partial charge in [0.25, 0.3) is 5.91 Å². The minimum absolute atomic E-state index is 0.215. The van der Waals surface area contributed by atoms with Crippen molar-refractivity contribution in [3.05, 3.63) is 54.1 Å². The molecule has 0 saturated carbocycles. The van der Waals surface area contributed by atoms with Crippen LogP contribution in [0.1, 0.15) is 12.0 Å². The van der Waals surface area contributed by atoms with E-state index < -0.39 is 25.2 Å². The second kappa shape index (κ2) is 8.54. The van der Waals surface area contributed by atoms with Crippen LogP contribution in [0.3, 0.4) is 0 Å². The summed E-state index contributed by atoms with van der Waals surface area (Å²) in [6.07, 6.45) is -3.84. The number of nitrogens with zero attached hydrogens (tertiary/aromatic N) is 1. The molecule has 1 atom stereocenters. The van der Waals surface area contributed by atoms with Gasteiger partial charge in [-0.2, -0.15) is 13.2 Å². The van der Waals surface area contributed by atoms with E-state index in [1.165, 1.54) is 46.5 Å². The molecule has 7 nitrogen and oxygen atoms in total. The first-order chi connectivity index (χ1) is 13.7. The van der Waals surface area contributed by atoms with Gasteiger partial charge in [-0.25, -0.2) is 10.2 Å². The fourth-order valence-electron chi connectivity index (χ4n) is 2.81. The molecule has 1 unspecified atom stereocenters. The predicted octanol–water partition coefficient (Wildman–Crippen LogP) is 3.54. The Hall–Kier alpha value is -2.39. The van der Waals surface area contributed by atoms with Gasteiger partial charge in [0, 0.05) is 6.54 Å². The molecule has 1 aliphatic rings. The molecule has 0 bridgehead atoms. The van der Waals surface area contributed by atoms with Crippen LogP contribution >= 0.6 is 7.52 Å². The van der Waals surface area contributed by atoms with Gasteiger partial charge in [0.2, 0.25) is 0 Å². The number of nitrogens with one attached hydrogen (secondary N) is 1. The third kappa shape index (κ3) is 4.97. The zero-order chi connectivity index (χ0) is 21.1. The summed E-state index contributed by atoms with van der Waals surface area (Å²) in [5, 5.41) is 9.04. The minimum Gasteiger partial charge on any atom is -0.457 e. The van der Waals surface area contributed by atoms with Crippen molar-refractivity contribution in [1.82, 2.24) is 10.2 Å². The fourth-order valence-corrected chi connectivity index (χ4v) is 5.07. The van der Waals surface area contributed by atoms with E-state index >= 15 is 0 Å². The van der Waals surface area contributed by atoms with E-state index in [1.807, 2.05) is 0 Å². The Kier molecular flexibility index (Phi) is 6.28. The van der Waals surface area contributed by atoms with Crippen LogP contribution in [0.25, 0.3) is 0 Å². The van der Waals surface area contributed by atoms with Crippen molar-refractivity contribution in [2.75, 3.05) is 19.7 Å². The Balaban J connectivity index is 1.75. The summed E-state index contributed by atoms with van der Waals surface area (Å²) in [6, 6.07) is 10.3. The molecule has 0 aliphatic carbocycles. The smallest absolute Gasteiger partial charge is 0.416 e. The number of hydroxylamine groups is 1. The van der Waals surface area contributed by atoms with Crippen LogP contribution in [-0.4, -0.2) is 35.5 Å². The Labute approximate surface area is 164 Å². The lowest BCUT2D eigenvalue weighted by atomic mass is 10.2. The third-order valence-corrected chi connectivity index (χ3v) is 6.80. The monoisotopic (exact) mass is 430 g/mol. The lowest BCUT2D eigenvalue weighted by molar-refractivity contribution is -0.137. The standard InChI is InChI=1S/C18H18F3N2O5P/c19-18(20,21)13-2-4-14(5-3-13)28-15-6-8-16(9-7-15)29(26)23(10-1-11-27-29)12-17(24)22-25/h2-9,25H,1,10-12H2,(H,22,24). The number of rotatable bonds is 5. The van der Waals surface area contributed by atoms with Crippen molar-refractivity contribution >= 4 is 18.7 Å². The molecule has 29 heavy (non-hydrogen) atoms. The number of hydrogen-bond acceptors (Lipinski definition) is 5. The number of ether oxygens (including phenoxy) is 1. The first-order valence-electron chi connectivity index (χ1n) is 8.61. The molecular formula is C18H18F3N2O5P. The van der Waals surface area contributed by atoms with Gasteiger partial charge < -0.3 is 9.26 Å². The van der Waals surface area contributed by atoms with Crippen LogP contribution in [0.5, 0.6) is 11.5 Å². The quantitative estimate of drug-likeness (QED) is 0.429. The van der Waals surface area contributed by atoms with Crippen molar-refractivity contribution in [3.63, 3.8) is 0 Å². The van der Waals surface area contributed by atoms with E-state index in [0.29, 0.717) is 24.0 Å². The fraction of sp³-hybridized carbons (Fsp3) is 0.278. The second-order valence-corrected chi connectivity index (χ2v) is 8.63. The van der Waals surface area contributed by atoms with Crippen molar-refractivity contribution < 1.29 is 37.0 Å². The average Bonchev–Trinajstić information content (AvgIpc) is 2.70. The SMILES string of the molecule is O=C(CN1CCCOP1(=O)c1ccc(Oc2ccc(C(F)(F)F)cc2)cc1)NO. The van der Waals surface area contributed by atoms with Crippen molar-refractivity contribution in [1.29, 1.82) is 0 Å². The van der Waals surface area contributed by atoms with E-state index in [9.17, 15) is 22.5 Å². The van der Waals surface area contributed by atoms with Crippen LogP contribution < -0.4 is 15.5 Å². The van der Waals surface area contributed by atoms with Gasteiger partial charge >= 0.3 is 13.7 Å². The molecule has 1 aliphatic heterocycles. The summed E-state index contributed by atoms with van der Waals surface area (Å²) >= 11 is 0. The molecular weight excluding hydrogens is 412 g/mol.